The number of hydrogen-bond donors (Lipinski definition) is 1. The molecule has 0 aromatic rings. The molecular formula is C9H14N2O3. The lowest BCUT2D eigenvalue weighted by molar-refractivity contribution is -0.124. The van der Waals surface area contributed by atoms with Crippen molar-refractivity contribution >= 4 is 11.9 Å². The Hall–Kier alpha value is -1.10. The second-order valence-electron chi connectivity index (χ2n) is 3.93. The third-order valence-corrected chi connectivity index (χ3v) is 3.01. The molecule has 0 aliphatic carbocycles. The van der Waals surface area contributed by atoms with E-state index in [0.29, 0.717) is 32.6 Å². The van der Waals surface area contributed by atoms with Crippen molar-refractivity contribution in [1.29, 1.82) is 0 Å². The van der Waals surface area contributed by atoms with Crippen molar-refractivity contribution < 1.29 is 14.7 Å². The fourth-order valence-corrected chi connectivity index (χ4v) is 2.18. The van der Waals surface area contributed by atoms with E-state index in [-0.39, 0.29) is 11.8 Å². The van der Waals surface area contributed by atoms with Gasteiger partial charge in [-0.2, -0.15) is 0 Å². The number of carboxylic acid groups (broad SMARTS) is 1. The highest BCUT2D eigenvalue weighted by Gasteiger charge is 2.33. The fourth-order valence-electron chi connectivity index (χ4n) is 2.18. The molecule has 2 saturated heterocycles. The van der Waals surface area contributed by atoms with Crippen LogP contribution in [0.5, 0.6) is 0 Å². The zero-order valence-corrected chi connectivity index (χ0v) is 7.98. The van der Waals surface area contributed by atoms with E-state index in [1.807, 2.05) is 0 Å². The smallest absolute Gasteiger partial charge is 0.407 e. The number of ketones is 1. The van der Waals surface area contributed by atoms with Gasteiger partial charge in [-0.25, -0.2) is 4.79 Å². The highest BCUT2D eigenvalue weighted by Crippen LogP contribution is 2.19. The molecule has 1 atom stereocenters. The van der Waals surface area contributed by atoms with Crippen molar-refractivity contribution in [3.05, 3.63) is 0 Å². The maximum Gasteiger partial charge on any atom is 0.407 e. The maximum atomic E-state index is 11.2. The van der Waals surface area contributed by atoms with Gasteiger partial charge >= 0.3 is 6.09 Å². The van der Waals surface area contributed by atoms with Crippen molar-refractivity contribution in [2.75, 3.05) is 26.2 Å². The molecule has 2 fully saturated rings. The Morgan fingerprint density at radius 3 is 2.93 bits per heavy atom. The molecular weight excluding hydrogens is 184 g/mol. The summed E-state index contributed by atoms with van der Waals surface area (Å²) in [6, 6.07) is 0.262. The van der Waals surface area contributed by atoms with Gasteiger partial charge in [-0.1, -0.05) is 0 Å². The van der Waals surface area contributed by atoms with Gasteiger partial charge in [0.25, 0.3) is 0 Å². The van der Waals surface area contributed by atoms with Gasteiger partial charge in [-0.3, -0.25) is 9.69 Å². The van der Waals surface area contributed by atoms with E-state index in [0.717, 1.165) is 6.42 Å². The summed E-state index contributed by atoms with van der Waals surface area (Å²) in [7, 11) is 0. The van der Waals surface area contributed by atoms with Gasteiger partial charge in [-0.15, -0.1) is 0 Å². The number of hydrogen-bond acceptors (Lipinski definition) is 3. The number of piperidine rings is 1. The second-order valence-corrected chi connectivity index (χ2v) is 3.93. The Morgan fingerprint density at radius 2 is 2.21 bits per heavy atom. The van der Waals surface area contributed by atoms with Crippen LogP contribution in [0.2, 0.25) is 0 Å². The van der Waals surface area contributed by atoms with E-state index in [4.69, 9.17) is 5.11 Å². The zero-order valence-electron chi connectivity index (χ0n) is 7.98. The fraction of sp³-hybridized carbons (Fsp3) is 0.778. The van der Waals surface area contributed by atoms with Gasteiger partial charge < -0.3 is 10.0 Å². The SMILES string of the molecule is O=C1CCC2CN(C(=O)O)CCN2C1. The largest absolute Gasteiger partial charge is 0.465 e. The monoisotopic (exact) mass is 198 g/mol. The number of amides is 1. The molecule has 2 aliphatic heterocycles. The summed E-state index contributed by atoms with van der Waals surface area (Å²) in [5, 5.41) is 8.82. The van der Waals surface area contributed by atoms with Crippen LogP contribution in [-0.4, -0.2) is 59.0 Å². The number of nitrogens with zero attached hydrogens (tertiary/aromatic N) is 2. The summed E-state index contributed by atoms with van der Waals surface area (Å²) in [5.74, 6) is 0.282. The van der Waals surface area contributed by atoms with Gasteiger partial charge in [0.1, 0.15) is 5.78 Å². The number of carbonyl (C=O) groups excluding carboxylic acids is 1. The molecule has 0 saturated carbocycles. The van der Waals surface area contributed by atoms with Gasteiger partial charge in [0.15, 0.2) is 0 Å². The molecule has 0 radical (unpaired) electrons. The molecule has 0 aromatic heterocycles. The molecule has 78 valence electrons. The molecule has 1 amide bonds. The molecule has 1 unspecified atom stereocenters. The first-order chi connectivity index (χ1) is 6.66. The molecule has 1 N–H and O–H groups in total. The van der Waals surface area contributed by atoms with Gasteiger partial charge in [0.2, 0.25) is 0 Å². The summed E-state index contributed by atoms with van der Waals surface area (Å²) < 4.78 is 0. The van der Waals surface area contributed by atoms with Gasteiger partial charge in [0.05, 0.1) is 6.54 Å². The highest BCUT2D eigenvalue weighted by atomic mass is 16.4. The minimum Gasteiger partial charge on any atom is -0.465 e. The molecule has 2 rings (SSSR count). The predicted octanol–water partition coefficient (Wildman–Crippen LogP) is 0.0135. The molecule has 5 heteroatoms. The minimum absolute atomic E-state index is 0.262. The predicted molar refractivity (Wildman–Crippen MR) is 49.2 cm³/mol. The van der Waals surface area contributed by atoms with Crippen molar-refractivity contribution in [3.8, 4) is 0 Å². The maximum absolute atomic E-state index is 11.2. The molecule has 0 aromatic carbocycles. The third kappa shape index (κ3) is 1.72. The van der Waals surface area contributed by atoms with E-state index < -0.39 is 6.09 Å². The van der Waals surface area contributed by atoms with E-state index in [1.54, 1.807) is 0 Å². The molecule has 0 spiro atoms. The van der Waals surface area contributed by atoms with Crippen LogP contribution < -0.4 is 0 Å². The van der Waals surface area contributed by atoms with Crippen LogP contribution in [0.15, 0.2) is 0 Å². The second kappa shape index (κ2) is 3.57. The normalized spacial score (nSPS) is 28.7. The number of fused-ring (bicyclic) bond motifs is 1. The lowest BCUT2D eigenvalue weighted by Crippen LogP contribution is -2.57. The Kier molecular flexibility index (Phi) is 2.41. The number of carbonyl (C=O) groups is 2. The molecule has 14 heavy (non-hydrogen) atoms. The van der Waals surface area contributed by atoms with Crippen LogP contribution in [0.4, 0.5) is 4.79 Å². The van der Waals surface area contributed by atoms with Crippen LogP contribution in [-0.2, 0) is 4.79 Å². The molecule has 5 nitrogen and oxygen atoms in total. The summed E-state index contributed by atoms with van der Waals surface area (Å²) in [5.41, 5.74) is 0. The van der Waals surface area contributed by atoms with Crippen LogP contribution in [0, 0.1) is 0 Å². The van der Waals surface area contributed by atoms with Gasteiger partial charge in [0, 0.05) is 32.1 Å². The third-order valence-electron chi connectivity index (χ3n) is 3.01. The average molecular weight is 198 g/mol. The van der Waals surface area contributed by atoms with Crippen LogP contribution in [0.1, 0.15) is 12.8 Å². The molecule has 2 heterocycles. The minimum atomic E-state index is -0.846. The van der Waals surface area contributed by atoms with Gasteiger partial charge in [-0.05, 0) is 6.42 Å². The Labute approximate surface area is 82.3 Å². The van der Waals surface area contributed by atoms with E-state index >= 15 is 0 Å². The quantitative estimate of drug-likeness (QED) is 0.595. The lowest BCUT2D eigenvalue weighted by atomic mass is 9.99. The van der Waals surface area contributed by atoms with Crippen LogP contribution in [0.25, 0.3) is 0 Å². The Morgan fingerprint density at radius 1 is 1.43 bits per heavy atom. The van der Waals surface area contributed by atoms with Crippen molar-refractivity contribution in [3.63, 3.8) is 0 Å². The average Bonchev–Trinajstić information content (AvgIpc) is 2.16. The number of piperazine rings is 1. The van der Waals surface area contributed by atoms with Crippen molar-refractivity contribution in [1.82, 2.24) is 9.80 Å². The molecule has 0 bridgehead atoms. The number of rotatable bonds is 0. The summed E-state index contributed by atoms with van der Waals surface area (Å²) in [4.78, 5) is 25.4. The topological polar surface area (TPSA) is 60.9 Å². The van der Waals surface area contributed by atoms with E-state index in [1.165, 1.54) is 4.90 Å². The van der Waals surface area contributed by atoms with Crippen LogP contribution >= 0.6 is 0 Å². The van der Waals surface area contributed by atoms with Crippen LogP contribution in [0.3, 0.4) is 0 Å². The lowest BCUT2D eigenvalue weighted by Gasteiger charge is -2.42. The zero-order chi connectivity index (χ0) is 10.1. The summed E-state index contributed by atoms with van der Waals surface area (Å²) in [6.45, 7) is 2.29. The standard InChI is InChI=1S/C9H14N2O3/c12-8-2-1-7-5-11(9(13)14)4-3-10(7)6-8/h7H,1-6H2,(H,13,14). The first kappa shape index (κ1) is 9.45. The first-order valence-electron chi connectivity index (χ1n) is 4.90. The van der Waals surface area contributed by atoms with Crippen molar-refractivity contribution in [2.45, 2.75) is 18.9 Å². The van der Waals surface area contributed by atoms with E-state index in [2.05, 4.69) is 4.90 Å². The first-order valence-corrected chi connectivity index (χ1v) is 4.90. The summed E-state index contributed by atoms with van der Waals surface area (Å²) >= 11 is 0. The highest BCUT2D eigenvalue weighted by molar-refractivity contribution is 5.81. The Bertz CT molecular complexity index is 267. The summed E-state index contributed by atoms with van der Waals surface area (Å²) in [6.07, 6.45) is 0.568. The number of Topliss-reactive ketones (excluding diaryl/α,β-unsaturated/α-hetero) is 1. The van der Waals surface area contributed by atoms with E-state index in [9.17, 15) is 9.59 Å². The Balaban J connectivity index is 1.98. The van der Waals surface area contributed by atoms with Crippen molar-refractivity contribution in [2.24, 2.45) is 0 Å². The molecule has 2 aliphatic rings.